The summed E-state index contributed by atoms with van der Waals surface area (Å²) in [4.78, 5) is -0.391. The zero-order chi connectivity index (χ0) is 21.0. The molecule has 0 atom stereocenters. The van der Waals surface area contributed by atoms with Crippen molar-refractivity contribution in [2.45, 2.75) is 35.0 Å². The van der Waals surface area contributed by atoms with Crippen LogP contribution in [-0.2, 0) is 22.1 Å². The van der Waals surface area contributed by atoms with E-state index < -0.39 is 20.5 Å². The second-order valence-corrected chi connectivity index (χ2v) is 9.17. The highest BCUT2D eigenvalue weighted by atomic mass is 32.2. The van der Waals surface area contributed by atoms with Crippen LogP contribution in [0.1, 0.15) is 11.1 Å². The Hall–Kier alpha value is -2.52. The number of nitrogens with zero attached hydrogens (tertiary/aromatic N) is 3. The van der Waals surface area contributed by atoms with Gasteiger partial charge in [0.1, 0.15) is 0 Å². The SMILES string of the molecule is C=CCn1c(SCc2ccc(S(=O)(=O)C(F)F)cc2)nnc1-c1cccc(C)c1. The number of sulfone groups is 1. The van der Waals surface area contributed by atoms with Gasteiger partial charge >= 0.3 is 5.76 Å². The molecule has 0 amide bonds. The van der Waals surface area contributed by atoms with Crippen LogP contribution in [0, 0.1) is 6.92 Å². The predicted octanol–water partition coefficient (Wildman–Crippen LogP) is 4.73. The van der Waals surface area contributed by atoms with Gasteiger partial charge in [-0.05, 0) is 30.7 Å². The molecule has 9 heteroatoms. The molecule has 0 radical (unpaired) electrons. The van der Waals surface area contributed by atoms with Crippen LogP contribution in [0.4, 0.5) is 8.78 Å². The fraction of sp³-hybridized carbons (Fsp3) is 0.200. The summed E-state index contributed by atoms with van der Waals surface area (Å²) in [5.41, 5.74) is 2.85. The predicted molar refractivity (Wildman–Crippen MR) is 110 cm³/mol. The van der Waals surface area contributed by atoms with E-state index in [1.54, 1.807) is 6.08 Å². The molecule has 0 aliphatic heterocycles. The molecule has 5 nitrogen and oxygen atoms in total. The van der Waals surface area contributed by atoms with E-state index in [0.29, 0.717) is 17.5 Å². The van der Waals surface area contributed by atoms with Crippen molar-refractivity contribution in [1.82, 2.24) is 14.8 Å². The first-order valence-electron chi connectivity index (χ1n) is 8.68. The molecule has 0 saturated heterocycles. The van der Waals surface area contributed by atoms with Gasteiger partial charge in [0.25, 0.3) is 0 Å². The van der Waals surface area contributed by atoms with E-state index in [1.165, 1.54) is 36.0 Å². The van der Waals surface area contributed by atoms with E-state index in [9.17, 15) is 17.2 Å². The summed E-state index contributed by atoms with van der Waals surface area (Å²) in [7, 11) is -4.58. The molecule has 2 aromatic carbocycles. The summed E-state index contributed by atoms with van der Waals surface area (Å²) in [5.74, 6) is -2.22. The van der Waals surface area contributed by atoms with E-state index in [0.717, 1.165) is 22.5 Å². The van der Waals surface area contributed by atoms with Crippen molar-refractivity contribution in [2.24, 2.45) is 0 Å². The van der Waals surface area contributed by atoms with Crippen LogP contribution in [-0.4, -0.2) is 28.9 Å². The highest BCUT2D eigenvalue weighted by molar-refractivity contribution is 7.98. The zero-order valence-corrected chi connectivity index (χ0v) is 17.3. The standard InChI is InChI=1S/C20H19F2N3O2S2/c1-3-11-25-18(16-6-4-5-14(2)12-16)23-24-20(25)28-13-15-7-9-17(10-8-15)29(26,27)19(21)22/h3-10,12,19H,1,11,13H2,2H3. The van der Waals surface area contributed by atoms with Gasteiger partial charge in [-0.1, -0.05) is 53.7 Å². The Balaban J connectivity index is 1.80. The molecule has 0 bridgehead atoms. The van der Waals surface area contributed by atoms with E-state index in [4.69, 9.17) is 0 Å². The first-order chi connectivity index (χ1) is 13.8. The van der Waals surface area contributed by atoms with Gasteiger partial charge in [0, 0.05) is 17.9 Å². The van der Waals surface area contributed by atoms with Crippen LogP contribution in [0.25, 0.3) is 11.4 Å². The number of aromatic nitrogens is 3. The van der Waals surface area contributed by atoms with Gasteiger partial charge in [0.15, 0.2) is 11.0 Å². The largest absolute Gasteiger partial charge is 0.341 e. The topological polar surface area (TPSA) is 64.8 Å². The number of hydrogen-bond acceptors (Lipinski definition) is 5. The van der Waals surface area contributed by atoms with Gasteiger partial charge in [-0.15, -0.1) is 16.8 Å². The smallest absolute Gasteiger partial charge is 0.298 e. The van der Waals surface area contributed by atoms with E-state index in [2.05, 4.69) is 16.8 Å². The molecule has 0 spiro atoms. The van der Waals surface area contributed by atoms with Crippen molar-refractivity contribution >= 4 is 21.6 Å². The van der Waals surface area contributed by atoms with Crippen molar-refractivity contribution in [3.63, 3.8) is 0 Å². The molecule has 1 aromatic heterocycles. The van der Waals surface area contributed by atoms with Crippen LogP contribution >= 0.6 is 11.8 Å². The third kappa shape index (κ3) is 4.73. The number of allylic oxidation sites excluding steroid dienone is 1. The second kappa shape index (κ2) is 8.87. The Morgan fingerprint density at radius 2 is 1.90 bits per heavy atom. The number of halogens is 2. The molecule has 0 unspecified atom stereocenters. The first kappa shape index (κ1) is 21.2. The molecular weight excluding hydrogens is 416 g/mol. The van der Waals surface area contributed by atoms with Crippen LogP contribution < -0.4 is 0 Å². The number of thioether (sulfide) groups is 1. The number of alkyl halides is 2. The molecule has 0 fully saturated rings. The fourth-order valence-corrected chi connectivity index (χ4v) is 4.34. The highest BCUT2D eigenvalue weighted by Crippen LogP contribution is 2.27. The molecule has 0 aliphatic rings. The lowest BCUT2D eigenvalue weighted by molar-refractivity contribution is 0.234. The minimum absolute atomic E-state index is 0.391. The zero-order valence-electron chi connectivity index (χ0n) is 15.6. The molecule has 0 N–H and O–H groups in total. The van der Waals surface area contributed by atoms with Gasteiger partial charge < -0.3 is 0 Å². The molecular formula is C20H19F2N3O2S2. The maximum absolute atomic E-state index is 12.6. The average Bonchev–Trinajstić information content (AvgIpc) is 3.09. The first-order valence-corrected chi connectivity index (χ1v) is 11.2. The second-order valence-electron chi connectivity index (χ2n) is 6.31. The van der Waals surface area contributed by atoms with Crippen molar-refractivity contribution in [2.75, 3.05) is 0 Å². The summed E-state index contributed by atoms with van der Waals surface area (Å²) in [6.07, 6.45) is 1.76. The molecule has 3 aromatic rings. The summed E-state index contributed by atoms with van der Waals surface area (Å²) in [6, 6.07) is 13.4. The van der Waals surface area contributed by atoms with Gasteiger partial charge in [0.05, 0.1) is 4.90 Å². The third-order valence-corrected chi connectivity index (χ3v) is 6.60. The van der Waals surface area contributed by atoms with Crippen molar-refractivity contribution < 1.29 is 17.2 Å². The number of hydrogen-bond donors (Lipinski definition) is 0. The number of benzene rings is 2. The maximum atomic E-state index is 12.6. The van der Waals surface area contributed by atoms with E-state index in [-0.39, 0.29) is 0 Å². The maximum Gasteiger partial charge on any atom is 0.341 e. The lowest BCUT2D eigenvalue weighted by atomic mass is 10.1. The summed E-state index contributed by atoms with van der Waals surface area (Å²) < 4.78 is 50.2. The Kier molecular flexibility index (Phi) is 6.49. The normalized spacial score (nSPS) is 11.7. The Morgan fingerprint density at radius 1 is 1.17 bits per heavy atom. The van der Waals surface area contributed by atoms with Gasteiger partial charge in [-0.2, -0.15) is 8.78 Å². The Morgan fingerprint density at radius 3 is 2.52 bits per heavy atom. The number of aryl methyl sites for hydroxylation is 1. The van der Waals surface area contributed by atoms with E-state index >= 15 is 0 Å². The summed E-state index contributed by atoms with van der Waals surface area (Å²) in [5, 5.41) is 9.26. The van der Waals surface area contributed by atoms with Crippen molar-refractivity contribution in [3.05, 3.63) is 72.3 Å². The molecule has 1 heterocycles. The van der Waals surface area contributed by atoms with Crippen LogP contribution in [0.3, 0.4) is 0 Å². The summed E-state index contributed by atoms with van der Waals surface area (Å²) >= 11 is 1.42. The minimum atomic E-state index is -4.58. The molecule has 3 rings (SSSR count). The van der Waals surface area contributed by atoms with Gasteiger partial charge in [0.2, 0.25) is 9.84 Å². The molecule has 152 valence electrons. The lowest BCUT2D eigenvalue weighted by Gasteiger charge is -2.09. The quantitative estimate of drug-likeness (QED) is 0.378. The summed E-state index contributed by atoms with van der Waals surface area (Å²) in [6.45, 7) is 6.33. The average molecular weight is 436 g/mol. The monoisotopic (exact) mass is 435 g/mol. The van der Waals surface area contributed by atoms with Gasteiger partial charge in [-0.3, -0.25) is 4.57 Å². The third-order valence-electron chi connectivity index (χ3n) is 4.16. The van der Waals surface area contributed by atoms with Gasteiger partial charge in [-0.25, -0.2) is 8.42 Å². The van der Waals surface area contributed by atoms with Crippen molar-refractivity contribution in [1.29, 1.82) is 0 Å². The van der Waals surface area contributed by atoms with E-state index in [1.807, 2.05) is 35.8 Å². The molecule has 0 aliphatic carbocycles. The molecule has 29 heavy (non-hydrogen) atoms. The van der Waals surface area contributed by atoms with Crippen LogP contribution in [0.2, 0.25) is 0 Å². The van der Waals surface area contributed by atoms with Crippen LogP contribution in [0.15, 0.2) is 71.2 Å². The minimum Gasteiger partial charge on any atom is -0.298 e. The Labute approximate surface area is 172 Å². The van der Waals surface area contributed by atoms with Crippen molar-refractivity contribution in [3.8, 4) is 11.4 Å². The Bertz CT molecular complexity index is 1110. The lowest BCUT2D eigenvalue weighted by Crippen LogP contribution is -2.11. The number of rotatable bonds is 8. The fourth-order valence-electron chi connectivity index (χ4n) is 2.71. The molecule has 0 saturated carbocycles. The highest BCUT2D eigenvalue weighted by Gasteiger charge is 2.26. The van der Waals surface area contributed by atoms with Crippen LogP contribution in [0.5, 0.6) is 0 Å².